The Bertz CT molecular complexity index is 3260. The third kappa shape index (κ3) is 5.75. The fourth-order valence-corrected chi connectivity index (χ4v) is 10.9. The van der Waals surface area contributed by atoms with Crippen LogP contribution in [-0.4, -0.2) is 4.57 Å². The standard InChI is InChI=1S/C54H40N2S2/c1-5-16-35(6-2)36-23-27-39(28-24-36)55(41-31-32-51-46(33-41)42(7-3)49(8-4)57-51)40-29-25-37(26-30-40)45-34-47-43-19-12-14-21-48(43)56(38-17-10-9-11-18-38)53(47)52-44-20-13-15-22-50(44)58-54(45)52/h5-34H,3-4H2,1-2H3/b16-5-,35-6+. The summed E-state index contributed by atoms with van der Waals surface area (Å²) in [6.07, 6.45) is 10.3. The second kappa shape index (κ2) is 14.7. The molecular formula is C54H40N2S2. The van der Waals surface area contributed by atoms with Crippen LogP contribution in [0.3, 0.4) is 0 Å². The molecule has 0 aliphatic carbocycles. The quantitative estimate of drug-likeness (QED) is 0.132. The summed E-state index contributed by atoms with van der Waals surface area (Å²) >= 11 is 3.64. The van der Waals surface area contributed by atoms with Crippen LogP contribution >= 0.6 is 22.7 Å². The molecule has 0 saturated carbocycles. The predicted molar refractivity (Wildman–Crippen MR) is 258 cm³/mol. The van der Waals surface area contributed by atoms with Crippen molar-refractivity contribution in [3.05, 3.63) is 199 Å². The van der Waals surface area contributed by atoms with Gasteiger partial charge in [-0.2, -0.15) is 0 Å². The molecule has 278 valence electrons. The van der Waals surface area contributed by atoms with E-state index >= 15 is 0 Å². The smallest absolute Gasteiger partial charge is 0.0634 e. The number of para-hydroxylation sites is 2. The lowest BCUT2D eigenvalue weighted by Gasteiger charge is -2.26. The fraction of sp³-hybridized carbons (Fsp3) is 0.0370. The van der Waals surface area contributed by atoms with Gasteiger partial charge in [-0.1, -0.05) is 122 Å². The average Bonchev–Trinajstić information content (AvgIpc) is 3.95. The van der Waals surface area contributed by atoms with Crippen LogP contribution < -0.4 is 4.90 Å². The summed E-state index contributed by atoms with van der Waals surface area (Å²) in [6, 6.07) is 55.7. The summed E-state index contributed by atoms with van der Waals surface area (Å²) in [5.41, 5.74) is 12.9. The van der Waals surface area contributed by atoms with E-state index in [9.17, 15) is 0 Å². The van der Waals surface area contributed by atoms with E-state index in [-0.39, 0.29) is 0 Å². The van der Waals surface area contributed by atoms with Gasteiger partial charge in [0.15, 0.2) is 0 Å². The van der Waals surface area contributed by atoms with Gasteiger partial charge in [0.1, 0.15) is 0 Å². The van der Waals surface area contributed by atoms with E-state index in [1.807, 2.05) is 23.5 Å². The maximum Gasteiger partial charge on any atom is 0.0634 e. The van der Waals surface area contributed by atoms with Crippen LogP contribution in [-0.2, 0) is 0 Å². The maximum absolute atomic E-state index is 4.16. The minimum atomic E-state index is 1.09. The van der Waals surface area contributed by atoms with Gasteiger partial charge in [0.2, 0.25) is 0 Å². The topological polar surface area (TPSA) is 8.17 Å². The zero-order valence-corrected chi connectivity index (χ0v) is 34.1. The second-order valence-corrected chi connectivity index (χ2v) is 16.6. The number of hydrogen-bond acceptors (Lipinski definition) is 3. The summed E-state index contributed by atoms with van der Waals surface area (Å²) in [6.45, 7) is 12.4. The molecule has 3 heterocycles. The molecule has 0 saturated heterocycles. The van der Waals surface area contributed by atoms with Gasteiger partial charge in [-0.05, 0) is 109 Å². The van der Waals surface area contributed by atoms with Gasteiger partial charge in [0.25, 0.3) is 0 Å². The summed E-state index contributed by atoms with van der Waals surface area (Å²) in [5.74, 6) is 0. The van der Waals surface area contributed by atoms with Gasteiger partial charge in [-0.25, -0.2) is 0 Å². The van der Waals surface area contributed by atoms with Gasteiger partial charge in [-0.3, -0.25) is 0 Å². The average molecular weight is 781 g/mol. The Kier molecular flexibility index (Phi) is 9.01. The predicted octanol–water partition coefficient (Wildman–Crippen LogP) is 16.8. The minimum Gasteiger partial charge on any atom is -0.310 e. The number of rotatable bonds is 9. The van der Waals surface area contributed by atoms with Crippen molar-refractivity contribution in [1.29, 1.82) is 0 Å². The van der Waals surface area contributed by atoms with Gasteiger partial charge in [0.05, 0.1) is 11.0 Å². The first-order chi connectivity index (χ1) is 28.6. The first-order valence-electron chi connectivity index (χ1n) is 19.6. The molecule has 4 heteroatoms. The molecule has 7 aromatic carbocycles. The highest BCUT2D eigenvalue weighted by Crippen LogP contribution is 2.48. The highest BCUT2D eigenvalue weighted by atomic mass is 32.1. The number of hydrogen-bond donors (Lipinski definition) is 0. The van der Waals surface area contributed by atoms with Crippen molar-refractivity contribution in [2.24, 2.45) is 0 Å². The molecule has 3 aromatic heterocycles. The first kappa shape index (κ1) is 35.7. The molecule has 0 bridgehead atoms. The zero-order valence-electron chi connectivity index (χ0n) is 32.4. The van der Waals surface area contributed by atoms with E-state index in [0.717, 1.165) is 27.5 Å². The molecule has 0 N–H and O–H groups in total. The SMILES string of the molecule is C=Cc1sc2ccc(N(c3ccc(C(/C=C\C)=C/C)cc3)c3ccc(-c4cc5c6ccccc6n(-c6ccccc6)c5c5c4sc4ccccc45)cc3)cc2c1C=C. The lowest BCUT2D eigenvalue weighted by Crippen LogP contribution is -2.10. The molecule has 0 fully saturated rings. The van der Waals surface area contributed by atoms with Crippen molar-refractivity contribution in [1.82, 2.24) is 4.57 Å². The Hall–Kier alpha value is -6.72. The van der Waals surface area contributed by atoms with E-state index in [1.165, 1.54) is 80.0 Å². The number of thiophene rings is 2. The van der Waals surface area contributed by atoms with Crippen molar-refractivity contribution < 1.29 is 0 Å². The largest absolute Gasteiger partial charge is 0.310 e. The number of fused-ring (bicyclic) bond motifs is 8. The first-order valence-corrected chi connectivity index (χ1v) is 21.3. The molecule has 0 amide bonds. The molecule has 0 aliphatic rings. The maximum atomic E-state index is 4.16. The lowest BCUT2D eigenvalue weighted by atomic mass is 9.98. The highest BCUT2D eigenvalue weighted by molar-refractivity contribution is 7.26. The number of anilines is 3. The number of aromatic nitrogens is 1. The van der Waals surface area contributed by atoms with E-state index in [1.54, 1.807) is 11.3 Å². The summed E-state index contributed by atoms with van der Waals surface area (Å²) in [5, 5.41) is 6.29. The summed E-state index contributed by atoms with van der Waals surface area (Å²) in [7, 11) is 0. The minimum absolute atomic E-state index is 1.09. The molecule has 10 rings (SSSR count). The van der Waals surface area contributed by atoms with E-state index in [2.05, 4.69) is 206 Å². The highest BCUT2D eigenvalue weighted by Gasteiger charge is 2.22. The van der Waals surface area contributed by atoms with Crippen molar-refractivity contribution in [3.8, 4) is 16.8 Å². The van der Waals surface area contributed by atoms with Gasteiger partial charge >= 0.3 is 0 Å². The van der Waals surface area contributed by atoms with Crippen molar-refractivity contribution >= 4 is 110 Å². The second-order valence-electron chi connectivity index (χ2n) is 14.5. The van der Waals surface area contributed by atoms with Crippen LogP contribution in [0.5, 0.6) is 0 Å². The molecule has 0 spiro atoms. The van der Waals surface area contributed by atoms with Crippen molar-refractivity contribution in [2.45, 2.75) is 13.8 Å². The van der Waals surface area contributed by atoms with E-state index in [4.69, 9.17) is 0 Å². The van der Waals surface area contributed by atoms with Crippen molar-refractivity contribution in [3.63, 3.8) is 0 Å². The van der Waals surface area contributed by atoms with Crippen molar-refractivity contribution in [2.75, 3.05) is 4.90 Å². The third-order valence-corrected chi connectivity index (χ3v) is 13.6. The number of nitrogens with zero attached hydrogens (tertiary/aromatic N) is 2. The number of benzene rings is 7. The van der Waals surface area contributed by atoms with Crippen LogP contribution in [0, 0.1) is 0 Å². The van der Waals surface area contributed by atoms with Gasteiger partial charge < -0.3 is 9.47 Å². The Balaban J connectivity index is 1.17. The fourth-order valence-electron chi connectivity index (χ4n) is 8.60. The zero-order chi connectivity index (χ0) is 39.3. The molecule has 10 aromatic rings. The Morgan fingerprint density at radius 3 is 2.00 bits per heavy atom. The molecule has 58 heavy (non-hydrogen) atoms. The van der Waals surface area contributed by atoms with Crippen LogP contribution in [0.15, 0.2) is 183 Å². The Morgan fingerprint density at radius 2 is 1.28 bits per heavy atom. The van der Waals surface area contributed by atoms with Gasteiger partial charge in [-0.15, -0.1) is 22.7 Å². The molecule has 0 radical (unpaired) electrons. The van der Waals surface area contributed by atoms with Crippen LogP contribution in [0.25, 0.3) is 86.6 Å². The van der Waals surface area contributed by atoms with E-state index in [0.29, 0.717) is 0 Å². The normalized spacial score (nSPS) is 12.1. The van der Waals surface area contributed by atoms with E-state index < -0.39 is 0 Å². The Labute approximate surface area is 346 Å². The molecule has 2 nitrogen and oxygen atoms in total. The molecule has 0 unspecified atom stereocenters. The van der Waals surface area contributed by atoms with Gasteiger partial charge in [0, 0.05) is 74.2 Å². The monoisotopic (exact) mass is 780 g/mol. The molecule has 0 atom stereocenters. The molecular weight excluding hydrogens is 741 g/mol. The summed E-state index contributed by atoms with van der Waals surface area (Å²) < 4.78 is 6.27. The summed E-state index contributed by atoms with van der Waals surface area (Å²) in [4.78, 5) is 3.50. The lowest BCUT2D eigenvalue weighted by molar-refractivity contribution is 1.19. The third-order valence-electron chi connectivity index (χ3n) is 11.2. The molecule has 0 aliphatic heterocycles. The number of allylic oxidation sites excluding steroid dienone is 4. The van der Waals surface area contributed by atoms with Crippen LogP contribution in [0.1, 0.15) is 29.9 Å². The Morgan fingerprint density at radius 1 is 0.603 bits per heavy atom. The van der Waals surface area contributed by atoms with Crippen LogP contribution in [0.2, 0.25) is 0 Å². The van der Waals surface area contributed by atoms with Crippen LogP contribution in [0.4, 0.5) is 17.1 Å².